The van der Waals surface area contributed by atoms with Crippen molar-refractivity contribution in [3.63, 3.8) is 0 Å². The molecule has 0 aliphatic heterocycles. The number of aryl methyl sites for hydroxylation is 2. The summed E-state index contributed by atoms with van der Waals surface area (Å²) in [5.74, 6) is 0. The fraction of sp³-hybridized carbons (Fsp3) is 0.167. The maximum atomic E-state index is 5.79. The molecule has 0 spiro atoms. The molecular weight excluding hydrogens is 190 g/mol. The van der Waals surface area contributed by atoms with Crippen LogP contribution in [-0.4, -0.2) is 0 Å². The molecule has 0 atom stereocenters. The third kappa shape index (κ3) is 1.53. The number of nitrogen functional groups attached to an aromatic ring is 1. The van der Waals surface area contributed by atoms with Crippen LogP contribution in [0.3, 0.4) is 0 Å². The van der Waals surface area contributed by atoms with Gasteiger partial charge in [0.2, 0.25) is 0 Å². The van der Waals surface area contributed by atoms with Crippen molar-refractivity contribution in [1.29, 1.82) is 0 Å². The summed E-state index contributed by atoms with van der Waals surface area (Å²) < 4.78 is 0. The Labute approximate surface area is 88.2 Å². The Morgan fingerprint density at radius 3 is 2.29 bits per heavy atom. The number of anilines is 1. The molecule has 14 heavy (non-hydrogen) atoms. The average molecular weight is 203 g/mol. The second kappa shape index (κ2) is 3.46. The van der Waals surface area contributed by atoms with Gasteiger partial charge in [-0.05, 0) is 54.1 Å². The van der Waals surface area contributed by atoms with Crippen molar-refractivity contribution in [1.82, 2.24) is 0 Å². The third-order valence-electron chi connectivity index (χ3n) is 2.32. The molecule has 0 bridgehead atoms. The molecule has 1 aromatic carbocycles. The molecule has 0 radical (unpaired) electrons. The lowest BCUT2D eigenvalue weighted by molar-refractivity contribution is 1.39. The molecule has 0 aliphatic rings. The lowest BCUT2D eigenvalue weighted by Crippen LogP contribution is -1.91. The minimum Gasteiger partial charge on any atom is -0.399 e. The van der Waals surface area contributed by atoms with Gasteiger partial charge in [0.05, 0.1) is 0 Å². The zero-order valence-electron chi connectivity index (χ0n) is 8.37. The summed E-state index contributed by atoms with van der Waals surface area (Å²) in [5.41, 5.74) is 10.5. The zero-order valence-corrected chi connectivity index (χ0v) is 9.19. The van der Waals surface area contributed by atoms with Gasteiger partial charge in [-0.2, -0.15) is 0 Å². The molecule has 0 saturated heterocycles. The number of thiophene rings is 1. The van der Waals surface area contributed by atoms with E-state index in [9.17, 15) is 0 Å². The van der Waals surface area contributed by atoms with Gasteiger partial charge >= 0.3 is 0 Å². The second-order valence-corrected chi connectivity index (χ2v) is 4.45. The van der Waals surface area contributed by atoms with Gasteiger partial charge in [0, 0.05) is 10.6 Å². The van der Waals surface area contributed by atoms with Crippen LogP contribution in [-0.2, 0) is 0 Å². The Morgan fingerprint density at radius 2 is 1.79 bits per heavy atom. The van der Waals surface area contributed by atoms with E-state index in [1.165, 1.54) is 21.6 Å². The summed E-state index contributed by atoms with van der Waals surface area (Å²) in [4.78, 5) is 1.32. The van der Waals surface area contributed by atoms with Crippen molar-refractivity contribution in [2.45, 2.75) is 13.8 Å². The minimum absolute atomic E-state index is 0.848. The van der Waals surface area contributed by atoms with Crippen LogP contribution < -0.4 is 5.73 Å². The van der Waals surface area contributed by atoms with Crippen LogP contribution in [0.2, 0.25) is 0 Å². The first kappa shape index (κ1) is 9.28. The smallest absolute Gasteiger partial charge is 0.0348 e. The highest BCUT2D eigenvalue weighted by atomic mass is 32.1. The largest absolute Gasteiger partial charge is 0.399 e. The quantitative estimate of drug-likeness (QED) is 0.704. The SMILES string of the molecule is Cc1cc(N)cc(C)c1-c1cccs1. The summed E-state index contributed by atoms with van der Waals surface area (Å²) in [5, 5.41) is 2.10. The normalized spacial score (nSPS) is 10.4. The predicted molar refractivity (Wildman–Crippen MR) is 63.6 cm³/mol. The van der Waals surface area contributed by atoms with Crippen molar-refractivity contribution < 1.29 is 0 Å². The van der Waals surface area contributed by atoms with Crippen LogP contribution >= 0.6 is 11.3 Å². The lowest BCUT2D eigenvalue weighted by Gasteiger charge is -2.08. The Bertz CT molecular complexity index is 420. The van der Waals surface area contributed by atoms with Gasteiger partial charge in [0.1, 0.15) is 0 Å². The molecule has 0 saturated carbocycles. The lowest BCUT2D eigenvalue weighted by atomic mass is 10.0. The molecule has 2 N–H and O–H groups in total. The van der Waals surface area contributed by atoms with Crippen LogP contribution in [0.15, 0.2) is 29.6 Å². The summed E-state index contributed by atoms with van der Waals surface area (Å²) in [7, 11) is 0. The monoisotopic (exact) mass is 203 g/mol. The molecule has 1 aromatic heterocycles. The van der Waals surface area contributed by atoms with Crippen molar-refractivity contribution in [3.05, 3.63) is 40.8 Å². The highest BCUT2D eigenvalue weighted by Gasteiger charge is 2.06. The van der Waals surface area contributed by atoms with Gasteiger partial charge in [-0.3, -0.25) is 0 Å². The fourth-order valence-electron chi connectivity index (χ4n) is 1.81. The van der Waals surface area contributed by atoms with E-state index in [1.54, 1.807) is 11.3 Å². The molecule has 2 heteroatoms. The van der Waals surface area contributed by atoms with Gasteiger partial charge < -0.3 is 5.73 Å². The summed E-state index contributed by atoms with van der Waals surface area (Å²) in [6, 6.07) is 8.29. The molecule has 1 heterocycles. The van der Waals surface area contributed by atoms with Gasteiger partial charge in [-0.15, -0.1) is 11.3 Å². The highest BCUT2D eigenvalue weighted by Crippen LogP contribution is 2.32. The van der Waals surface area contributed by atoms with Crippen LogP contribution in [0.1, 0.15) is 11.1 Å². The summed E-state index contributed by atoms with van der Waals surface area (Å²) >= 11 is 1.77. The fourth-order valence-corrected chi connectivity index (χ4v) is 2.71. The zero-order chi connectivity index (χ0) is 10.1. The van der Waals surface area contributed by atoms with Crippen LogP contribution in [0.4, 0.5) is 5.69 Å². The van der Waals surface area contributed by atoms with E-state index in [2.05, 4.69) is 31.4 Å². The number of hydrogen-bond acceptors (Lipinski definition) is 2. The van der Waals surface area contributed by atoms with Gasteiger partial charge in [-0.25, -0.2) is 0 Å². The first-order chi connectivity index (χ1) is 6.68. The molecule has 0 aliphatic carbocycles. The summed E-state index contributed by atoms with van der Waals surface area (Å²) in [6.07, 6.45) is 0. The second-order valence-electron chi connectivity index (χ2n) is 3.51. The minimum atomic E-state index is 0.848. The molecule has 0 fully saturated rings. The maximum absolute atomic E-state index is 5.79. The Kier molecular flexibility index (Phi) is 2.30. The molecule has 1 nitrogen and oxygen atoms in total. The van der Waals surface area contributed by atoms with E-state index in [0.29, 0.717) is 0 Å². The Balaban J connectivity index is 2.64. The number of benzene rings is 1. The maximum Gasteiger partial charge on any atom is 0.0348 e. The van der Waals surface area contributed by atoms with Crippen molar-refractivity contribution >= 4 is 17.0 Å². The van der Waals surface area contributed by atoms with Crippen LogP contribution in [0.5, 0.6) is 0 Å². The van der Waals surface area contributed by atoms with Gasteiger partial charge in [-0.1, -0.05) is 6.07 Å². The average Bonchev–Trinajstić information content (AvgIpc) is 2.54. The first-order valence-electron chi connectivity index (χ1n) is 4.59. The third-order valence-corrected chi connectivity index (χ3v) is 3.21. The number of hydrogen-bond donors (Lipinski definition) is 1. The van der Waals surface area contributed by atoms with E-state index in [-0.39, 0.29) is 0 Å². The molecule has 0 amide bonds. The van der Waals surface area contributed by atoms with Crippen LogP contribution in [0.25, 0.3) is 10.4 Å². The van der Waals surface area contributed by atoms with Crippen molar-refractivity contribution in [2.75, 3.05) is 5.73 Å². The standard InChI is InChI=1S/C12H13NS/c1-8-6-10(13)7-9(2)12(8)11-4-3-5-14-11/h3-7H,13H2,1-2H3. The van der Waals surface area contributed by atoms with Gasteiger partial charge in [0.25, 0.3) is 0 Å². The molecule has 72 valence electrons. The van der Waals surface area contributed by atoms with E-state index in [1.807, 2.05) is 12.1 Å². The number of rotatable bonds is 1. The van der Waals surface area contributed by atoms with E-state index >= 15 is 0 Å². The predicted octanol–water partition coefficient (Wildman–Crippen LogP) is 3.61. The molecule has 2 rings (SSSR count). The summed E-state index contributed by atoms with van der Waals surface area (Å²) in [6.45, 7) is 4.22. The topological polar surface area (TPSA) is 26.0 Å². The van der Waals surface area contributed by atoms with E-state index in [0.717, 1.165) is 5.69 Å². The Morgan fingerprint density at radius 1 is 1.14 bits per heavy atom. The van der Waals surface area contributed by atoms with E-state index < -0.39 is 0 Å². The molecule has 0 unspecified atom stereocenters. The van der Waals surface area contributed by atoms with Crippen LogP contribution in [0, 0.1) is 13.8 Å². The van der Waals surface area contributed by atoms with E-state index in [4.69, 9.17) is 5.73 Å². The Hall–Kier alpha value is -1.28. The first-order valence-corrected chi connectivity index (χ1v) is 5.47. The molecule has 2 aromatic rings. The van der Waals surface area contributed by atoms with Crippen molar-refractivity contribution in [3.8, 4) is 10.4 Å². The highest BCUT2D eigenvalue weighted by molar-refractivity contribution is 7.13. The van der Waals surface area contributed by atoms with Gasteiger partial charge in [0.15, 0.2) is 0 Å². The van der Waals surface area contributed by atoms with Crippen molar-refractivity contribution in [2.24, 2.45) is 0 Å². The number of nitrogens with two attached hydrogens (primary N) is 1. The molecular formula is C12H13NS.